The number of halogens is 1. The van der Waals surface area contributed by atoms with Gasteiger partial charge in [-0.1, -0.05) is 43.0 Å². The Kier molecular flexibility index (Phi) is 4.34. The van der Waals surface area contributed by atoms with E-state index in [0.29, 0.717) is 12.6 Å². The zero-order valence-electron chi connectivity index (χ0n) is 13.5. The number of nitrogens with zero attached hydrogens (tertiary/aromatic N) is 4. The molecule has 1 aromatic carbocycles. The Morgan fingerprint density at radius 2 is 1.83 bits per heavy atom. The van der Waals surface area contributed by atoms with E-state index in [-0.39, 0.29) is 0 Å². The van der Waals surface area contributed by atoms with E-state index in [9.17, 15) is 0 Å². The summed E-state index contributed by atoms with van der Waals surface area (Å²) in [5, 5.41) is 4.31. The Hall–Kier alpha value is -2.14. The number of fused-ring (bicyclic) bond motifs is 1. The second kappa shape index (κ2) is 6.77. The summed E-state index contributed by atoms with van der Waals surface area (Å²) in [7, 11) is 0. The lowest BCUT2D eigenvalue weighted by Gasteiger charge is -2.23. The van der Waals surface area contributed by atoms with E-state index in [0.717, 1.165) is 22.0 Å². The van der Waals surface area contributed by atoms with Crippen LogP contribution >= 0.6 is 11.6 Å². The second-order valence-corrected chi connectivity index (χ2v) is 6.81. The highest BCUT2D eigenvalue weighted by atomic mass is 35.5. The van der Waals surface area contributed by atoms with Crippen molar-refractivity contribution in [2.45, 2.75) is 44.7 Å². The zero-order valence-corrected chi connectivity index (χ0v) is 14.2. The molecule has 1 aliphatic carbocycles. The van der Waals surface area contributed by atoms with E-state index in [2.05, 4.69) is 20.3 Å². The van der Waals surface area contributed by atoms with Crippen LogP contribution in [-0.4, -0.2) is 25.6 Å². The quantitative estimate of drug-likeness (QED) is 0.769. The van der Waals surface area contributed by atoms with Gasteiger partial charge in [0.15, 0.2) is 11.5 Å². The lowest BCUT2D eigenvalue weighted by atomic mass is 9.95. The van der Waals surface area contributed by atoms with Crippen LogP contribution in [0.3, 0.4) is 0 Å². The van der Waals surface area contributed by atoms with E-state index >= 15 is 0 Å². The number of imidazole rings is 1. The molecule has 0 spiro atoms. The predicted molar refractivity (Wildman–Crippen MR) is 96.4 cm³/mol. The fourth-order valence-corrected chi connectivity index (χ4v) is 3.45. The van der Waals surface area contributed by atoms with Crippen LogP contribution < -0.4 is 5.32 Å². The third kappa shape index (κ3) is 3.22. The Morgan fingerprint density at radius 3 is 2.62 bits per heavy atom. The molecule has 0 radical (unpaired) electrons. The van der Waals surface area contributed by atoms with Gasteiger partial charge in [0.05, 0.1) is 12.9 Å². The van der Waals surface area contributed by atoms with Crippen molar-refractivity contribution in [3.8, 4) is 0 Å². The van der Waals surface area contributed by atoms with Gasteiger partial charge < -0.3 is 9.88 Å². The standard InChI is InChI=1S/C18H20ClN5/c19-14-8-6-13(7-9-14)10-24-12-22-16-17(20-11-21-18(16)24)23-15-4-2-1-3-5-15/h6-9,11-12,15H,1-5,10H2,(H,20,21,23). The molecule has 3 aromatic rings. The number of benzene rings is 1. The highest BCUT2D eigenvalue weighted by molar-refractivity contribution is 6.30. The molecule has 0 atom stereocenters. The molecule has 5 nitrogen and oxygen atoms in total. The SMILES string of the molecule is Clc1ccc(Cn2cnc3c(NC4CCCCC4)ncnc32)cc1. The van der Waals surface area contributed by atoms with Crippen LogP contribution in [0.15, 0.2) is 36.9 Å². The summed E-state index contributed by atoms with van der Waals surface area (Å²) < 4.78 is 2.05. The maximum atomic E-state index is 5.95. The molecule has 0 saturated heterocycles. The molecule has 6 heteroatoms. The van der Waals surface area contributed by atoms with Gasteiger partial charge in [-0.2, -0.15) is 0 Å². The third-order valence-electron chi connectivity index (χ3n) is 4.61. The summed E-state index contributed by atoms with van der Waals surface area (Å²) in [5.74, 6) is 0.849. The molecular formula is C18H20ClN5. The molecule has 1 fully saturated rings. The first-order valence-electron chi connectivity index (χ1n) is 8.46. The third-order valence-corrected chi connectivity index (χ3v) is 4.87. The first-order chi connectivity index (χ1) is 11.8. The van der Waals surface area contributed by atoms with Crippen molar-refractivity contribution < 1.29 is 0 Å². The summed E-state index contributed by atoms with van der Waals surface area (Å²) in [4.78, 5) is 13.4. The zero-order chi connectivity index (χ0) is 16.4. The molecule has 2 heterocycles. The lowest BCUT2D eigenvalue weighted by molar-refractivity contribution is 0.462. The van der Waals surface area contributed by atoms with Crippen LogP contribution in [-0.2, 0) is 6.54 Å². The fourth-order valence-electron chi connectivity index (χ4n) is 3.33. The van der Waals surface area contributed by atoms with Crippen molar-refractivity contribution in [3.05, 3.63) is 47.5 Å². The number of rotatable bonds is 4. The number of nitrogens with one attached hydrogen (secondary N) is 1. The van der Waals surface area contributed by atoms with Crippen LogP contribution in [0, 0.1) is 0 Å². The molecule has 2 aromatic heterocycles. The fraction of sp³-hybridized carbons (Fsp3) is 0.389. The average molecular weight is 342 g/mol. The molecule has 1 N–H and O–H groups in total. The maximum Gasteiger partial charge on any atom is 0.165 e. The Labute approximate surface area is 146 Å². The largest absolute Gasteiger partial charge is 0.365 e. The van der Waals surface area contributed by atoms with Gasteiger partial charge in [0.2, 0.25) is 0 Å². The topological polar surface area (TPSA) is 55.6 Å². The van der Waals surface area contributed by atoms with Gasteiger partial charge in [0.25, 0.3) is 0 Å². The van der Waals surface area contributed by atoms with E-state index < -0.39 is 0 Å². The van der Waals surface area contributed by atoms with Crippen molar-refractivity contribution in [1.82, 2.24) is 19.5 Å². The minimum Gasteiger partial charge on any atom is -0.365 e. The van der Waals surface area contributed by atoms with Gasteiger partial charge in [-0.25, -0.2) is 15.0 Å². The van der Waals surface area contributed by atoms with E-state index in [1.54, 1.807) is 6.33 Å². The van der Waals surface area contributed by atoms with Crippen molar-refractivity contribution in [2.75, 3.05) is 5.32 Å². The van der Waals surface area contributed by atoms with E-state index in [1.807, 2.05) is 35.2 Å². The van der Waals surface area contributed by atoms with Gasteiger partial charge in [-0.05, 0) is 30.5 Å². The Balaban J connectivity index is 1.59. The maximum absolute atomic E-state index is 5.95. The van der Waals surface area contributed by atoms with Gasteiger partial charge in [0.1, 0.15) is 11.8 Å². The molecule has 1 saturated carbocycles. The van der Waals surface area contributed by atoms with Crippen LogP contribution in [0.4, 0.5) is 5.82 Å². The molecule has 4 rings (SSSR count). The number of aromatic nitrogens is 4. The number of hydrogen-bond donors (Lipinski definition) is 1. The molecule has 0 amide bonds. The average Bonchev–Trinajstić information content (AvgIpc) is 3.02. The first kappa shape index (κ1) is 15.4. The molecule has 124 valence electrons. The van der Waals surface area contributed by atoms with E-state index in [1.165, 1.54) is 37.7 Å². The monoisotopic (exact) mass is 341 g/mol. The summed E-state index contributed by atoms with van der Waals surface area (Å²) in [6.45, 7) is 0.716. The van der Waals surface area contributed by atoms with E-state index in [4.69, 9.17) is 11.6 Å². The highest BCUT2D eigenvalue weighted by Crippen LogP contribution is 2.24. The smallest absolute Gasteiger partial charge is 0.165 e. The lowest BCUT2D eigenvalue weighted by Crippen LogP contribution is -2.23. The minimum absolute atomic E-state index is 0.498. The van der Waals surface area contributed by atoms with Crippen molar-refractivity contribution in [2.24, 2.45) is 0 Å². The van der Waals surface area contributed by atoms with Gasteiger partial charge in [-0.3, -0.25) is 0 Å². The minimum atomic E-state index is 0.498. The van der Waals surface area contributed by atoms with Crippen molar-refractivity contribution >= 4 is 28.6 Å². The van der Waals surface area contributed by atoms with Crippen LogP contribution in [0.2, 0.25) is 5.02 Å². The molecule has 0 bridgehead atoms. The normalized spacial score (nSPS) is 15.7. The number of anilines is 1. The van der Waals surface area contributed by atoms with Crippen LogP contribution in [0.25, 0.3) is 11.2 Å². The van der Waals surface area contributed by atoms with Gasteiger partial charge in [0, 0.05) is 11.1 Å². The van der Waals surface area contributed by atoms with Crippen molar-refractivity contribution in [3.63, 3.8) is 0 Å². The molecular weight excluding hydrogens is 322 g/mol. The van der Waals surface area contributed by atoms with Gasteiger partial charge >= 0.3 is 0 Å². The second-order valence-electron chi connectivity index (χ2n) is 6.37. The molecule has 0 unspecified atom stereocenters. The first-order valence-corrected chi connectivity index (χ1v) is 8.84. The predicted octanol–water partition coefficient (Wildman–Crippen LogP) is 4.27. The van der Waals surface area contributed by atoms with Crippen LogP contribution in [0.5, 0.6) is 0 Å². The summed E-state index contributed by atoms with van der Waals surface area (Å²) in [5.41, 5.74) is 2.87. The Morgan fingerprint density at radius 1 is 1.04 bits per heavy atom. The summed E-state index contributed by atoms with van der Waals surface area (Å²) in [6.07, 6.45) is 9.78. The van der Waals surface area contributed by atoms with Crippen molar-refractivity contribution in [1.29, 1.82) is 0 Å². The number of hydrogen-bond acceptors (Lipinski definition) is 4. The molecule has 0 aliphatic heterocycles. The van der Waals surface area contributed by atoms with Gasteiger partial charge in [-0.15, -0.1) is 0 Å². The van der Waals surface area contributed by atoms with Crippen LogP contribution in [0.1, 0.15) is 37.7 Å². The summed E-state index contributed by atoms with van der Waals surface area (Å²) >= 11 is 5.95. The highest BCUT2D eigenvalue weighted by Gasteiger charge is 2.17. The molecule has 1 aliphatic rings. The summed E-state index contributed by atoms with van der Waals surface area (Å²) in [6, 6.07) is 8.35. The Bertz CT molecular complexity index is 821. The molecule has 24 heavy (non-hydrogen) atoms.